The van der Waals surface area contributed by atoms with Crippen LogP contribution in [0.1, 0.15) is 36.2 Å². The molecule has 1 amide bonds. The second kappa shape index (κ2) is 6.14. The van der Waals surface area contributed by atoms with Gasteiger partial charge in [-0.2, -0.15) is 15.4 Å². The lowest BCUT2D eigenvalue weighted by Gasteiger charge is -2.30. The van der Waals surface area contributed by atoms with Gasteiger partial charge in [0.1, 0.15) is 0 Å². The number of hydrogen-bond donors (Lipinski definition) is 2. The quantitative estimate of drug-likeness (QED) is 0.832. The van der Waals surface area contributed by atoms with E-state index in [1.165, 1.54) is 31.9 Å². The molecule has 1 aromatic rings. The van der Waals surface area contributed by atoms with Gasteiger partial charge in [0, 0.05) is 11.9 Å². The van der Waals surface area contributed by atoms with Crippen molar-refractivity contribution in [1.82, 2.24) is 20.7 Å². The lowest BCUT2D eigenvalue weighted by molar-refractivity contribution is 0.0932. The standard InChI is InChI=1S/C11H17BrN4O/c12-5-8-3-1-2-4-9(8)6-13-11(17)10-7-14-16-15-10/h7-9H,1-6H2,(H,13,17)(H,14,15,16). The van der Waals surface area contributed by atoms with E-state index in [1.807, 2.05) is 0 Å². The van der Waals surface area contributed by atoms with E-state index in [0.29, 0.717) is 17.5 Å². The van der Waals surface area contributed by atoms with E-state index in [-0.39, 0.29) is 5.91 Å². The summed E-state index contributed by atoms with van der Waals surface area (Å²) in [5.41, 5.74) is 0.358. The fourth-order valence-corrected chi connectivity index (χ4v) is 3.23. The van der Waals surface area contributed by atoms with Gasteiger partial charge < -0.3 is 5.32 Å². The summed E-state index contributed by atoms with van der Waals surface area (Å²) in [6.07, 6.45) is 6.49. The Hall–Kier alpha value is -0.910. The molecule has 1 aliphatic carbocycles. The van der Waals surface area contributed by atoms with Gasteiger partial charge in [-0.05, 0) is 24.7 Å². The highest BCUT2D eigenvalue weighted by molar-refractivity contribution is 9.09. The molecule has 6 heteroatoms. The summed E-state index contributed by atoms with van der Waals surface area (Å²) < 4.78 is 0. The maximum absolute atomic E-state index is 11.7. The topological polar surface area (TPSA) is 70.7 Å². The maximum atomic E-state index is 11.7. The van der Waals surface area contributed by atoms with E-state index in [0.717, 1.165) is 11.9 Å². The van der Waals surface area contributed by atoms with Crippen LogP contribution >= 0.6 is 15.9 Å². The van der Waals surface area contributed by atoms with Crippen LogP contribution in [0.5, 0.6) is 0 Å². The fraction of sp³-hybridized carbons (Fsp3) is 0.727. The van der Waals surface area contributed by atoms with Gasteiger partial charge in [-0.1, -0.05) is 28.8 Å². The lowest BCUT2D eigenvalue weighted by atomic mass is 9.80. The van der Waals surface area contributed by atoms with Gasteiger partial charge in [-0.15, -0.1) is 0 Å². The van der Waals surface area contributed by atoms with Crippen LogP contribution < -0.4 is 5.32 Å². The van der Waals surface area contributed by atoms with Crippen molar-refractivity contribution in [2.24, 2.45) is 11.8 Å². The molecule has 2 rings (SSSR count). The zero-order valence-corrected chi connectivity index (χ0v) is 11.2. The number of aromatic nitrogens is 3. The molecule has 0 radical (unpaired) electrons. The molecule has 1 fully saturated rings. The van der Waals surface area contributed by atoms with E-state index in [2.05, 4.69) is 36.7 Å². The minimum atomic E-state index is -0.141. The third-order valence-corrected chi connectivity index (χ3v) is 4.27. The number of aromatic amines is 1. The molecule has 0 aromatic carbocycles. The Balaban J connectivity index is 1.82. The number of alkyl halides is 1. The maximum Gasteiger partial charge on any atom is 0.273 e. The molecule has 0 saturated heterocycles. The fourth-order valence-electron chi connectivity index (χ4n) is 2.38. The van der Waals surface area contributed by atoms with Crippen molar-refractivity contribution < 1.29 is 4.79 Å². The van der Waals surface area contributed by atoms with Crippen molar-refractivity contribution in [2.75, 3.05) is 11.9 Å². The molecule has 0 aliphatic heterocycles. The van der Waals surface area contributed by atoms with Crippen molar-refractivity contribution >= 4 is 21.8 Å². The predicted octanol–water partition coefficient (Wildman–Crippen LogP) is 1.74. The molecule has 5 nitrogen and oxygen atoms in total. The lowest BCUT2D eigenvalue weighted by Crippen LogP contribution is -2.35. The van der Waals surface area contributed by atoms with Crippen LogP contribution in [-0.2, 0) is 0 Å². The van der Waals surface area contributed by atoms with Gasteiger partial charge >= 0.3 is 0 Å². The Bertz CT molecular complexity index is 354. The summed E-state index contributed by atoms with van der Waals surface area (Å²) in [4.78, 5) is 11.7. The summed E-state index contributed by atoms with van der Waals surface area (Å²) >= 11 is 3.56. The number of amides is 1. The van der Waals surface area contributed by atoms with Crippen LogP contribution in [0.3, 0.4) is 0 Å². The van der Waals surface area contributed by atoms with Crippen molar-refractivity contribution in [1.29, 1.82) is 0 Å². The Morgan fingerprint density at radius 3 is 2.88 bits per heavy atom. The third kappa shape index (κ3) is 3.28. The number of hydrogen-bond acceptors (Lipinski definition) is 3. The zero-order valence-electron chi connectivity index (χ0n) is 9.66. The van der Waals surface area contributed by atoms with E-state index >= 15 is 0 Å². The van der Waals surface area contributed by atoms with Gasteiger partial charge in [-0.3, -0.25) is 4.79 Å². The van der Waals surface area contributed by atoms with Gasteiger partial charge in [-0.25, -0.2) is 0 Å². The molecule has 1 aromatic heterocycles. The molecule has 0 spiro atoms. The average molecular weight is 301 g/mol. The minimum absolute atomic E-state index is 0.141. The first-order chi connectivity index (χ1) is 8.31. The van der Waals surface area contributed by atoms with E-state index in [1.54, 1.807) is 0 Å². The van der Waals surface area contributed by atoms with Crippen LogP contribution in [0.4, 0.5) is 0 Å². The first kappa shape index (κ1) is 12.5. The van der Waals surface area contributed by atoms with Crippen LogP contribution in [0, 0.1) is 11.8 Å². The number of carbonyl (C=O) groups excluding carboxylic acids is 1. The van der Waals surface area contributed by atoms with Gasteiger partial charge in [0.2, 0.25) is 0 Å². The number of carbonyl (C=O) groups is 1. The third-order valence-electron chi connectivity index (χ3n) is 3.44. The summed E-state index contributed by atoms with van der Waals surface area (Å²) in [6.45, 7) is 0.738. The van der Waals surface area contributed by atoms with Gasteiger partial charge in [0.05, 0.1) is 6.20 Å². The molecule has 1 heterocycles. The zero-order chi connectivity index (χ0) is 12.1. The summed E-state index contributed by atoms with van der Waals surface area (Å²) in [5.74, 6) is 1.12. The molecule has 1 saturated carbocycles. The Labute approximate surface area is 109 Å². The smallest absolute Gasteiger partial charge is 0.273 e. The van der Waals surface area contributed by atoms with Gasteiger partial charge in [0.15, 0.2) is 5.69 Å². The molecule has 94 valence electrons. The second-order valence-electron chi connectivity index (χ2n) is 4.52. The highest BCUT2D eigenvalue weighted by atomic mass is 79.9. The van der Waals surface area contributed by atoms with Crippen molar-refractivity contribution in [2.45, 2.75) is 25.7 Å². The normalized spacial score (nSPS) is 24.5. The van der Waals surface area contributed by atoms with Crippen molar-refractivity contribution in [3.05, 3.63) is 11.9 Å². The number of nitrogens with one attached hydrogen (secondary N) is 2. The highest BCUT2D eigenvalue weighted by Crippen LogP contribution is 2.30. The van der Waals surface area contributed by atoms with Crippen LogP contribution in [0.15, 0.2) is 6.20 Å². The number of rotatable bonds is 4. The van der Waals surface area contributed by atoms with E-state index in [4.69, 9.17) is 0 Å². The monoisotopic (exact) mass is 300 g/mol. The van der Waals surface area contributed by atoms with Crippen molar-refractivity contribution in [3.63, 3.8) is 0 Å². The predicted molar refractivity (Wildman–Crippen MR) is 68.0 cm³/mol. The molecule has 2 N–H and O–H groups in total. The van der Waals surface area contributed by atoms with Crippen LogP contribution in [0.25, 0.3) is 0 Å². The average Bonchev–Trinajstić information content (AvgIpc) is 2.90. The number of H-pyrrole nitrogens is 1. The summed E-state index contributed by atoms with van der Waals surface area (Å²) in [6, 6.07) is 0. The van der Waals surface area contributed by atoms with Crippen LogP contribution in [0.2, 0.25) is 0 Å². The van der Waals surface area contributed by atoms with E-state index in [9.17, 15) is 4.79 Å². The Morgan fingerprint density at radius 1 is 1.47 bits per heavy atom. The van der Waals surface area contributed by atoms with Crippen molar-refractivity contribution in [3.8, 4) is 0 Å². The molecular formula is C11H17BrN4O. The second-order valence-corrected chi connectivity index (χ2v) is 5.17. The molecule has 2 atom stereocenters. The summed E-state index contributed by atoms with van der Waals surface area (Å²) in [7, 11) is 0. The number of halogens is 1. The highest BCUT2D eigenvalue weighted by Gasteiger charge is 2.24. The molecule has 1 aliphatic rings. The first-order valence-corrected chi connectivity index (χ1v) is 7.13. The molecular weight excluding hydrogens is 284 g/mol. The SMILES string of the molecule is O=C(NCC1CCCCC1CBr)c1cn[nH]n1. The molecule has 2 unspecified atom stereocenters. The van der Waals surface area contributed by atoms with Crippen LogP contribution in [-0.4, -0.2) is 33.2 Å². The first-order valence-electron chi connectivity index (χ1n) is 6.01. The van der Waals surface area contributed by atoms with Gasteiger partial charge in [0.25, 0.3) is 5.91 Å². The number of nitrogens with zero attached hydrogens (tertiary/aromatic N) is 2. The molecule has 0 bridgehead atoms. The summed E-state index contributed by atoms with van der Waals surface area (Å²) in [5, 5.41) is 13.8. The minimum Gasteiger partial charge on any atom is -0.350 e. The van der Waals surface area contributed by atoms with E-state index < -0.39 is 0 Å². The largest absolute Gasteiger partial charge is 0.350 e. The Morgan fingerprint density at radius 2 is 2.24 bits per heavy atom. The molecule has 17 heavy (non-hydrogen) atoms. The Kier molecular flexibility index (Phi) is 4.53.